The van der Waals surface area contributed by atoms with Gasteiger partial charge in [-0.2, -0.15) is 5.26 Å². The van der Waals surface area contributed by atoms with E-state index in [1.54, 1.807) is 13.0 Å². The molecule has 1 aromatic rings. The third kappa shape index (κ3) is 2.01. The standard InChI is InChI=1S/C9H7ClN2O2/c1-6-4-8(10)7(2-3-11)9(5-6)12(13)14/h4-5H,2H2,1H3. The van der Waals surface area contributed by atoms with Gasteiger partial charge in [0.1, 0.15) is 0 Å². The molecule has 0 unspecified atom stereocenters. The maximum absolute atomic E-state index is 10.6. The highest BCUT2D eigenvalue weighted by Crippen LogP contribution is 2.28. The molecule has 0 spiro atoms. The number of nitrogens with zero attached hydrogens (tertiary/aromatic N) is 2. The highest BCUT2D eigenvalue weighted by Gasteiger charge is 2.17. The Labute approximate surface area is 85.9 Å². The summed E-state index contributed by atoms with van der Waals surface area (Å²) in [6.07, 6.45) is -0.0462. The summed E-state index contributed by atoms with van der Waals surface area (Å²) in [6, 6.07) is 4.88. The Morgan fingerprint density at radius 2 is 2.29 bits per heavy atom. The van der Waals surface area contributed by atoms with Gasteiger partial charge in [-0.25, -0.2) is 0 Å². The van der Waals surface area contributed by atoms with Gasteiger partial charge in [-0.05, 0) is 18.6 Å². The predicted molar refractivity (Wildman–Crippen MR) is 52.2 cm³/mol. The zero-order chi connectivity index (χ0) is 10.7. The molecule has 0 saturated carbocycles. The van der Waals surface area contributed by atoms with E-state index in [9.17, 15) is 10.1 Å². The van der Waals surface area contributed by atoms with Gasteiger partial charge in [0.05, 0.1) is 28.0 Å². The van der Waals surface area contributed by atoms with E-state index >= 15 is 0 Å². The molecule has 0 aliphatic heterocycles. The van der Waals surface area contributed by atoms with Gasteiger partial charge in [0.2, 0.25) is 0 Å². The van der Waals surface area contributed by atoms with Gasteiger partial charge in [0, 0.05) is 6.07 Å². The third-order valence-corrected chi connectivity index (χ3v) is 2.11. The summed E-state index contributed by atoms with van der Waals surface area (Å²) in [6.45, 7) is 1.72. The molecule has 0 aromatic heterocycles. The summed E-state index contributed by atoms with van der Waals surface area (Å²) in [5.74, 6) is 0. The first kappa shape index (κ1) is 10.5. The molecule has 72 valence electrons. The van der Waals surface area contributed by atoms with E-state index in [4.69, 9.17) is 16.9 Å². The van der Waals surface area contributed by atoms with E-state index < -0.39 is 4.92 Å². The van der Waals surface area contributed by atoms with Crippen molar-refractivity contribution in [2.75, 3.05) is 0 Å². The smallest absolute Gasteiger partial charge is 0.258 e. The first-order chi connectivity index (χ1) is 6.56. The Morgan fingerprint density at radius 1 is 1.64 bits per heavy atom. The van der Waals surface area contributed by atoms with Crippen molar-refractivity contribution < 1.29 is 4.92 Å². The Hall–Kier alpha value is -1.60. The lowest BCUT2D eigenvalue weighted by Crippen LogP contribution is -1.96. The molecule has 0 aliphatic rings. The van der Waals surface area contributed by atoms with Crippen molar-refractivity contribution in [2.24, 2.45) is 0 Å². The van der Waals surface area contributed by atoms with E-state index in [1.165, 1.54) is 6.07 Å². The summed E-state index contributed by atoms with van der Waals surface area (Å²) in [5.41, 5.74) is 0.907. The van der Waals surface area contributed by atoms with Crippen LogP contribution in [-0.2, 0) is 6.42 Å². The quantitative estimate of drug-likeness (QED) is 0.557. The average molecular weight is 211 g/mol. The molecule has 0 amide bonds. The molecule has 14 heavy (non-hydrogen) atoms. The number of hydrogen-bond donors (Lipinski definition) is 0. The third-order valence-electron chi connectivity index (χ3n) is 1.77. The number of halogens is 1. The van der Waals surface area contributed by atoms with Crippen molar-refractivity contribution in [1.82, 2.24) is 0 Å². The fraction of sp³-hybridized carbons (Fsp3) is 0.222. The highest BCUT2D eigenvalue weighted by molar-refractivity contribution is 6.31. The number of aryl methyl sites for hydroxylation is 1. The zero-order valence-electron chi connectivity index (χ0n) is 7.45. The largest absolute Gasteiger partial charge is 0.275 e. The van der Waals surface area contributed by atoms with Gasteiger partial charge >= 0.3 is 0 Å². The molecular formula is C9H7ClN2O2. The summed E-state index contributed by atoms with van der Waals surface area (Å²) < 4.78 is 0. The van der Waals surface area contributed by atoms with Crippen LogP contribution in [0.3, 0.4) is 0 Å². The maximum atomic E-state index is 10.6. The fourth-order valence-electron chi connectivity index (χ4n) is 1.17. The van der Waals surface area contributed by atoms with Gasteiger partial charge < -0.3 is 0 Å². The predicted octanol–water partition coefficient (Wildman–Crippen LogP) is 2.62. The molecule has 1 aromatic carbocycles. The molecule has 0 saturated heterocycles. The van der Waals surface area contributed by atoms with Crippen LogP contribution in [0, 0.1) is 28.4 Å². The molecule has 0 aliphatic carbocycles. The van der Waals surface area contributed by atoms with Crippen molar-refractivity contribution >= 4 is 17.3 Å². The summed E-state index contributed by atoms with van der Waals surface area (Å²) in [4.78, 5) is 10.1. The van der Waals surface area contributed by atoms with Crippen LogP contribution in [0.15, 0.2) is 12.1 Å². The van der Waals surface area contributed by atoms with Crippen LogP contribution in [0.1, 0.15) is 11.1 Å². The summed E-state index contributed by atoms with van der Waals surface area (Å²) in [7, 11) is 0. The number of benzene rings is 1. The number of nitro groups is 1. The minimum Gasteiger partial charge on any atom is -0.258 e. The van der Waals surface area contributed by atoms with E-state index in [0.717, 1.165) is 0 Å². The molecular weight excluding hydrogens is 204 g/mol. The molecule has 0 radical (unpaired) electrons. The van der Waals surface area contributed by atoms with Crippen molar-refractivity contribution in [1.29, 1.82) is 5.26 Å². The van der Waals surface area contributed by atoms with E-state index in [-0.39, 0.29) is 22.7 Å². The van der Waals surface area contributed by atoms with Gasteiger partial charge in [-0.1, -0.05) is 11.6 Å². The van der Waals surface area contributed by atoms with Gasteiger partial charge in [0.15, 0.2) is 0 Å². The Bertz CT molecular complexity index is 424. The lowest BCUT2D eigenvalue weighted by molar-refractivity contribution is -0.385. The lowest BCUT2D eigenvalue weighted by Gasteiger charge is -2.02. The van der Waals surface area contributed by atoms with Gasteiger partial charge in [-0.15, -0.1) is 0 Å². The second-order valence-corrected chi connectivity index (χ2v) is 3.24. The molecule has 0 fully saturated rings. The molecule has 5 heteroatoms. The molecule has 4 nitrogen and oxygen atoms in total. The molecule has 0 heterocycles. The minimum atomic E-state index is -0.522. The number of hydrogen-bond acceptors (Lipinski definition) is 3. The molecule has 1 rings (SSSR count). The number of nitro benzene ring substituents is 1. The van der Waals surface area contributed by atoms with E-state index in [1.807, 2.05) is 6.07 Å². The Kier molecular flexibility index (Phi) is 3.05. The second kappa shape index (κ2) is 4.07. The Balaban J connectivity index is 3.38. The molecule has 0 bridgehead atoms. The van der Waals surface area contributed by atoms with Crippen molar-refractivity contribution in [3.63, 3.8) is 0 Å². The van der Waals surface area contributed by atoms with Crippen LogP contribution >= 0.6 is 11.6 Å². The summed E-state index contributed by atoms with van der Waals surface area (Å²) in [5, 5.41) is 19.4. The highest BCUT2D eigenvalue weighted by atomic mass is 35.5. The van der Waals surface area contributed by atoms with Crippen LogP contribution in [0.4, 0.5) is 5.69 Å². The van der Waals surface area contributed by atoms with E-state index in [2.05, 4.69) is 0 Å². The first-order valence-corrected chi connectivity index (χ1v) is 4.24. The van der Waals surface area contributed by atoms with E-state index in [0.29, 0.717) is 5.56 Å². The zero-order valence-corrected chi connectivity index (χ0v) is 8.21. The van der Waals surface area contributed by atoms with Crippen LogP contribution in [0.2, 0.25) is 5.02 Å². The summed E-state index contributed by atoms with van der Waals surface area (Å²) >= 11 is 5.80. The fourth-order valence-corrected chi connectivity index (χ4v) is 1.51. The van der Waals surface area contributed by atoms with Crippen LogP contribution in [0.5, 0.6) is 0 Å². The SMILES string of the molecule is Cc1cc(Cl)c(CC#N)c([N+](=O)[O-])c1. The van der Waals surface area contributed by atoms with Crippen molar-refractivity contribution in [3.8, 4) is 6.07 Å². The van der Waals surface area contributed by atoms with Gasteiger partial charge in [0.25, 0.3) is 5.69 Å². The average Bonchev–Trinajstić information content (AvgIpc) is 2.09. The minimum absolute atomic E-state index is 0.0462. The van der Waals surface area contributed by atoms with Gasteiger partial charge in [-0.3, -0.25) is 10.1 Å². The lowest BCUT2D eigenvalue weighted by atomic mass is 10.1. The van der Waals surface area contributed by atoms with Crippen LogP contribution in [-0.4, -0.2) is 4.92 Å². The Morgan fingerprint density at radius 3 is 2.79 bits per heavy atom. The number of rotatable bonds is 2. The second-order valence-electron chi connectivity index (χ2n) is 2.84. The van der Waals surface area contributed by atoms with Crippen molar-refractivity contribution in [3.05, 3.63) is 38.4 Å². The molecule has 0 N–H and O–H groups in total. The topological polar surface area (TPSA) is 66.9 Å². The monoisotopic (exact) mass is 210 g/mol. The maximum Gasteiger partial charge on any atom is 0.275 e. The normalized spacial score (nSPS) is 9.50. The van der Waals surface area contributed by atoms with Crippen LogP contribution in [0.25, 0.3) is 0 Å². The molecule has 0 atom stereocenters. The van der Waals surface area contributed by atoms with Crippen molar-refractivity contribution in [2.45, 2.75) is 13.3 Å². The number of nitriles is 1. The first-order valence-electron chi connectivity index (χ1n) is 3.86. The van der Waals surface area contributed by atoms with Crippen LogP contribution < -0.4 is 0 Å².